The van der Waals surface area contributed by atoms with Crippen LogP contribution in [0, 0.1) is 0 Å². The highest BCUT2D eigenvalue weighted by molar-refractivity contribution is 5.93. The van der Waals surface area contributed by atoms with E-state index < -0.39 is 5.54 Å². The van der Waals surface area contributed by atoms with Crippen LogP contribution >= 0.6 is 0 Å². The second kappa shape index (κ2) is 6.24. The molecule has 0 spiro atoms. The van der Waals surface area contributed by atoms with Gasteiger partial charge < -0.3 is 15.3 Å². The third-order valence-corrected chi connectivity index (χ3v) is 4.27. The Hall–Kier alpha value is -2.40. The van der Waals surface area contributed by atoms with E-state index in [4.69, 9.17) is 0 Å². The fourth-order valence-electron chi connectivity index (χ4n) is 3.01. The van der Waals surface area contributed by atoms with Gasteiger partial charge in [-0.05, 0) is 51.0 Å². The third kappa shape index (κ3) is 3.12. The van der Waals surface area contributed by atoms with E-state index >= 15 is 0 Å². The number of aliphatic hydroxyl groups is 1. The second-order valence-electron chi connectivity index (χ2n) is 6.93. The molecule has 1 aromatic heterocycles. The molecule has 1 aromatic carbocycles. The number of fused-ring (bicyclic) bond motifs is 1. The van der Waals surface area contributed by atoms with E-state index in [0.717, 1.165) is 17.9 Å². The Kier molecular flexibility index (Phi) is 4.28. The summed E-state index contributed by atoms with van der Waals surface area (Å²) in [6.07, 6.45) is 0.964. The molecule has 2 N–H and O–H groups in total. The van der Waals surface area contributed by atoms with Crippen molar-refractivity contribution in [2.24, 2.45) is 0 Å². The quantitative estimate of drug-likeness (QED) is 0.907. The van der Waals surface area contributed by atoms with Crippen molar-refractivity contribution >= 4 is 17.4 Å². The Morgan fingerprint density at radius 2 is 2.04 bits per heavy atom. The van der Waals surface area contributed by atoms with Crippen molar-refractivity contribution in [1.82, 2.24) is 10.3 Å². The lowest BCUT2D eigenvalue weighted by atomic mass is 10.1. The van der Waals surface area contributed by atoms with Crippen LogP contribution in [0.1, 0.15) is 36.8 Å². The number of aliphatic hydroxyl groups excluding tert-OH is 1. The van der Waals surface area contributed by atoms with Crippen LogP contribution < -0.4 is 10.2 Å². The van der Waals surface area contributed by atoms with Gasteiger partial charge in [0.05, 0.1) is 12.1 Å². The van der Waals surface area contributed by atoms with Gasteiger partial charge in [0.1, 0.15) is 11.5 Å². The molecule has 0 saturated carbocycles. The van der Waals surface area contributed by atoms with Crippen molar-refractivity contribution in [3.63, 3.8) is 0 Å². The first-order valence-electron chi connectivity index (χ1n) is 8.19. The monoisotopic (exact) mass is 325 g/mol. The van der Waals surface area contributed by atoms with E-state index in [-0.39, 0.29) is 12.5 Å². The zero-order valence-corrected chi connectivity index (χ0v) is 14.3. The van der Waals surface area contributed by atoms with Gasteiger partial charge in [-0.25, -0.2) is 4.98 Å². The van der Waals surface area contributed by atoms with Crippen molar-refractivity contribution in [3.05, 3.63) is 53.7 Å². The smallest absolute Gasteiger partial charge is 0.270 e. The van der Waals surface area contributed by atoms with Crippen molar-refractivity contribution in [3.8, 4) is 0 Å². The maximum absolute atomic E-state index is 12.4. The van der Waals surface area contributed by atoms with Gasteiger partial charge in [0.2, 0.25) is 0 Å². The molecule has 5 nitrogen and oxygen atoms in total. The maximum atomic E-state index is 12.4. The van der Waals surface area contributed by atoms with Crippen LogP contribution in [0.2, 0.25) is 0 Å². The zero-order valence-electron chi connectivity index (χ0n) is 14.3. The minimum atomic E-state index is -0.678. The average Bonchev–Trinajstić information content (AvgIpc) is 2.90. The lowest BCUT2D eigenvalue weighted by Gasteiger charge is -2.25. The number of anilines is 2. The number of carbonyl (C=O) groups is 1. The summed E-state index contributed by atoms with van der Waals surface area (Å²) in [5.41, 5.74) is 2.11. The van der Waals surface area contributed by atoms with Gasteiger partial charge in [-0.2, -0.15) is 0 Å². The first-order valence-corrected chi connectivity index (χ1v) is 8.19. The molecule has 1 aliphatic heterocycles. The van der Waals surface area contributed by atoms with E-state index in [9.17, 15) is 9.90 Å². The Labute approximate surface area is 142 Å². The fourth-order valence-corrected chi connectivity index (χ4v) is 3.01. The van der Waals surface area contributed by atoms with Crippen LogP contribution in [-0.2, 0) is 6.42 Å². The molecule has 0 aliphatic carbocycles. The van der Waals surface area contributed by atoms with Crippen molar-refractivity contribution in [1.29, 1.82) is 0 Å². The lowest BCUT2D eigenvalue weighted by molar-refractivity contribution is 0.0864. The van der Waals surface area contributed by atoms with Gasteiger partial charge in [-0.15, -0.1) is 0 Å². The molecule has 0 fully saturated rings. The number of rotatable bonds is 4. The Morgan fingerprint density at radius 3 is 2.79 bits per heavy atom. The maximum Gasteiger partial charge on any atom is 0.270 e. The summed E-state index contributed by atoms with van der Waals surface area (Å²) < 4.78 is 0. The number of aromatic nitrogens is 1. The normalized spacial score (nSPS) is 16.8. The van der Waals surface area contributed by atoms with Gasteiger partial charge in [0.25, 0.3) is 5.91 Å². The summed E-state index contributed by atoms with van der Waals surface area (Å²) in [7, 11) is 0. The van der Waals surface area contributed by atoms with Gasteiger partial charge in [0.15, 0.2) is 0 Å². The number of carbonyl (C=O) groups excluding carboxylic acids is 1. The van der Waals surface area contributed by atoms with Gasteiger partial charge in [-0.1, -0.05) is 24.3 Å². The largest absolute Gasteiger partial charge is 0.394 e. The number of nitrogens with zero attached hydrogens (tertiary/aromatic N) is 2. The number of pyridine rings is 1. The molecule has 24 heavy (non-hydrogen) atoms. The number of hydrogen-bond acceptors (Lipinski definition) is 4. The van der Waals surface area contributed by atoms with Crippen LogP contribution in [-0.4, -0.2) is 34.2 Å². The summed E-state index contributed by atoms with van der Waals surface area (Å²) >= 11 is 0. The van der Waals surface area contributed by atoms with Gasteiger partial charge >= 0.3 is 0 Å². The summed E-state index contributed by atoms with van der Waals surface area (Å²) in [6, 6.07) is 14.0. The summed E-state index contributed by atoms with van der Waals surface area (Å²) in [5, 5.41) is 12.1. The van der Waals surface area contributed by atoms with Crippen LogP contribution in [0.4, 0.5) is 11.5 Å². The molecular formula is C19H23N3O2. The second-order valence-corrected chi connectivity index (χ2v) is 6.93. The van der Waals surface area contributed by atoms with Crippen LogP contribution in [0.25, 0.3) is 0 Å². The zero-order chi connectivity index (χ0) is 17.3. The van der Waals surface area contributed by atoms with E-state index in [0.29, 0.717) is 11.7 Å². The molecule has 1 amide bonds. The molecule has 2 heterocycles. The number of nitrogens with one attached hydrogen (secondary N) is 1. The molecule has 3 rings (SSSR count). The predicted octanol–water partition coefficient (Wildman–Crippen LogP) is 2.67. The summed E-state index contributed by atoms with van der Waals surface area (Å²) in [6.45, 7) is 5.57. The average molecular weight is 325 g/mol. The van der Waals surface area contributed by atoms with E-state index in [1.165, 1.54) is 5.56 Å². The molecule has 0 saturated heterocycles. The van der Waals surface area contributed by atoms with Crippen LogP contribution in [0.5, 0.6) is 0 Å². The number of hydrogen-bond donors (Lipinski definition) is 2. The molecule has 0 radical (unpaired) electrons. The Bertz CT molecular complexity index is 758. The van der Waals surface area contributed by atoms with Gasteiger partial charge in [-0.3, -0.25) is 4.79 Å². The van der Waals surface area contributed by atoms with Crippen LogP contribution in [0.3, 0.4) is 0 Å². The molecule has 1 unspecified atom stereocenters. The van der Waals surface area contributed by atoms with E-state index in [1.807, 2.05) is 24.3 Å². The minimum Gasteiger partial charge on any atom is -0.394 e. The SMILES string of the molecule is CC1Cc2ccccc2N1c1cccc(C(=O)NC(C)(C)CO)n1. The van der Waals surface area contributed by atoms with Crippen molar-refractivity contribution in [2.75, 3.05) is 11.5 Å². The minimum absolute atomic E-state index is 0.130. The van der Waals surface area contributed by atoms with Crippen molar-refractivity contribution in [2.45, 2.75) is 38.8 Å². The summed E-state index contributed by atoms with van der Waals surface area (Å²) in [4.78, 5) is 19.1. The van der Waals surface area contributed by atoms with Gasteiger partial charge in [0, 0.05) is 11.7 Å². The molecule has 1 atom stereocenters. The molecular weight excluding hydrogens is 302 g/mol. The highest BCUT2D eigenvalue weighted by Gasteiger charge is 2.28. The fraction of sp³-hybridized carbons (Fsp3) is 0.368. The lowest BCUT2D eigenvalue weighted by Crippen LogP contribution is -2.46. The molecule has 5 heteroatoms. The number of amides is 1. The van der Waals surface area contributed by atoms with E-state index in [2.05, 4.69) is 34.3 Å². The van der Waals surface area contributed by atoms with Crippen molar-refractivity contribution < 1.29 is 9.90 Å². The molecule has 1 aliphatic rings. The highest BCUT2D eigenvalue weighted by atomic mass is 16.3. The number of para-hydroxylation sites is 1. The summed E-state index contributed by atoms with van der Waals surface area (Å²) in [5.74, 6) is 0.484. The molecule has 2 aromatic rings. The Morgan fingerprint density at radius 1 is 1.29 bits per heavy atom. The third-order valence-electron chi connectivity index (χ3n) is 4.27. The predicted molar refractivity (Wildman–Crippen MR) is 94.6 cm³/mol. The van der Waals surface area contributed by atoms with Crippen LogP contribution in [0.15, 0.2) is 42.5 Å². The molecule has 0 bridgehead atoms. The number of benzene rings is 1. The van der Waals surface area contributed by atoms with E-state index in [1.54, 1.807) is 19.9 Å². The first-order chi connectivity index (χ1) is 11.4. The highest BCUT2D eigenvalue weighted by Crippen LogP contribution is 2.37. The topological polar surface area (TPSA) is 65.5 Å². The first kappa shape index (κ1) is 16.5. The standard InChI is InChI=1S/C19H23N3O2/c1-13-11-14-7-4-5-9-16(14)22(13)17-10-6-8-15(20-17)18(24)21-19(2,3)12-23/h4-10,13,23H,11-12H2,1-3H3,(H,21,24). The Balaban J connectivity index is 1.90. The molecule has 126 valence electrons.